The average molecular weight is 381 g/mol. The van der Waals surface area contributed by atoms with Crippen LogP contribution in [-0.4, -0.2) is 28.3 Å². The van der Waals surface area contributed by atoms with Gasteiger partial charge in [0.25, 0.3) is 5.56 Å². The molecule has 27 heavy (non-hydrogen) atoms. The van der Waals surface area contributed by atoms with E-state index in [1.54, 1.807) is 43.5 Å². The maximum atomic E-state index is 12.7. The van der Waals surface area contributed by atoms with Gasteiger partial charge in [-0.25, -0.2) is 4.98 Å². The number of nitrogens with zero attached hydrogens (tertiary/aromatic N) is 2. The molecule has 0 atom stereocenters. The number of thioether (sulfide) groups is 1. The lowest BCUT2D eigenvalue weighted by Gasteiger charge is -2.12. The van der Waals surface area contributed by atoms with Gasteiger partial charge in [0.15, 0.2) is 5.16 Å². The van der Waals surface area contributed by atoms with Crippen LogP contribution < -0.4 is 15.6 Å². The van der Waals surface area contributed by atoms with E-state index in [1.165, 1.54) is 16.3 Å². The van der Waals surface area contributed by atoms with E-state index < -0.39 is 0 Å². The highest BCUT2D eigenvalue weighted by molar-refractivity contribution is 7.99. The molecule has 2 aromatic carbocycles. The number of amides is 1. The van der Waals surface area contributed by atoms with Crippen molar-refractivity contribution in [2.45, 2.75) is 11.7 Å². The first-order valence-electron chi connectivity index (χ1n) is 8.30. The third kappa shape index (κ3) is 4.20. The minimum Gasteiger partial charge on any atom is -0.495 e. The van der Waals surface area contributed by atoms with Crippen LogP contribution in [0, 0.1) is 0 Å². The van der Waals surface area contributed by atoms with Crippen LogP contribution in [0.1, 0.15) is 0 Å². The fourth-order valence-corrected chi connectivity index (χ4v) is 3.42. The number of benzene rings is 2. The number of hydrogen-bond donors (Lipinski definition) is 1. The Morgan fingerprint density at radius 1 is 1.26 bits per heavy atom. The van der Waals surface area contributed by atoms with E-state index in [0.717, 1.165) is 0 Å². The second-order valence-electron chi connectivity index (χ2n) is 5.65. The fraction of sp³-hybridized carbons (Fsp3) is 0.150. The summed E-state index contributed by atoms with van der Waals surface area (Å²) in [7, 11) is 1.55. The lowest BCUT2D eigenvalue weighted by Crippen LogP contribution is -2.23. The summed E-state index contributed by atoms with van der Waals surface area (Å²) in [6, 6.07) is 14.3. The van der Waals surface area contributed by atoms with E-state index in [2.05, 4.69) is 16.9 Å². The van der Waals surface area contributed by atoms with Gasteiger partial charge >= 0.3 is 0 Å². The SMILES string of the molecule is C=CCn1c(SCC(=O)Nc2ccccc2OC)nc2ccccc2c1=O. The maximum Gasteiger partial charge on any atom is 0.262 e. The number of hydrogen-bond acceptors (Lipinski definition) is 5. The summed E-state index contributed by atoms with van der Waals surface area (Å²) in [6.07, 6.45) is 1.64. The molecular weight excluding hydrogens is 362 g/mol. The molecule has 1 heterocycles. The Hall–Kier alpha value is -3.06. The highest BCUT2D eigenvalue weighted by Gasteiger charge is 2.13. The number of anilines is 1. The Balaban J connectivity index is 1.81. The third-order valence-electron chi connectivity index (χ3n) is 3.85. The molecule has 7 heteroatoms. The van der Waals surface area contributed by atoms with Crippen molar-refractivity contribution in [1.29, 1.82) is 0 Å². The zero-order valence-electron chi connectivity index (χ0n) is 14.8. The number of ether oxygens (including phenoxy) is 1. The molecule has 3 rings (SSSR count). The van der Waals surface area contributed by atoms with Crippen molar-refractivity contribution >= 4 is 34.3 Å². The van der Waals surface area contributed by atoms with E-state index in [1.807, 2.05) is 18.2 Å². The van der Waals surface area contributed by atoms with Crippen molar-refractivity contribution in [3.05, 3.63) is 71.5 Å². The van der Waals surface area contributed by atoms with Crippen LogP contribution in [0.3, 0.4) is 0 Å². The molecule has 0 fully saturated rings. The standard InChI is InChI=1S/C20H19N3O3S/c1-3-12-23-19(25)14-8-4-5-9-15(14)22-20(23)27-13-18(24)21-16-10-6-7-11-17(16)26-2/h3-11H,1,12-13H2,2H3,(H,21,24). The number of carbonyl (C=O) groups excluding carboxylic acids is 1. The monoisotopic (exact) mass is 381 g/mol. The average Bonchev–Trinajstić information content (AvgIpc) is 2.69. The molecule has 3 aromatic rings. The predicted octanol–water partition coefficient (Wildman–Crippen LogP) is 3.32. The first-order chi connectivity index (χ1) is 13.1. The number of fused-ring (bicyclic) bond motifs is 1. The molecule has 0 aliphatic rings. The van der Waals surface area contributed by atoms with Crippen molar-refractivity contribution in [1.82, 2.24) is 9.55 Å². The zero-order valence-corrected chi connectivity index (χ0v) is 15.7. The molecule has 0 saturated carbocycles. The lowest BCUT2D eigenvalue weighted by molar-refractivity contribution is -0.113. The van der Waals surface area contributed by atoms with Crippen molar-refractivity contribution in [3.8, 4) is 5.75 Å². The summed E-state index contributed by atoms with van der Waals surface area (Å²) < 4.78 is 6.76. The Kier molecular flexibility index (Phi) is 5.93. The van der Waals surface area contributed by atoms with E-state index in [9.17, 15) is 9.59 Å². The summed E-state index contributed by atoms with van der Waals surface area (Å²) >= 11 is 1.21. The minimum atomic E-state index is -0.211. The largest absolute Gasteiger partial charge is 0.495 e. The van der Waals surface area contributed by atoms with E-state index in [-0.39, 0.29) is 17.2 Å². The van der Waals surface area contributed by atoms with E-state index >= 15 is 0 Å². The van der Waals surface area contributed by atoms with Crippen LogP contribution in [0.2, 0.25) is 0 Å². The number of methoxy groups -OCH3 is 1. The number of nitrogens with one attached hydrogen (secondary N) is 1. The maximum absolute atomic E-state index is 12.7. The quantitative estimate of drug-likeness (QED) is 0.386. The van der Waals surface area contributed by atoms with Crippen LogP contribution in [0.25, 0.3) is 10.9 Å². The molecular formula is C20H19N3O3S. The van der Waals surface area contributed by atoms with Gasteiger partial charge in [0, 0.05) is 6.54 Å². The third-order valence-corrected chi connectivity index (χ3v) is 4.83. The highest BCUT2D eigenvalue weighted by atomic mass is 32.2. The van der Waals surface area contributed by atoms with Gasteiger partial charge in [-0.05, 0) is 24.3 Å². The van der Waals surface area contributed by atoms with Gasteiger partial charge in [-0.1, -0.05) is 42.1 Å². The topological polar surface area (TPSA) is 73.2 Å². The van der Waals surface area contributed by atoms with Crippen molar-refractivity contribution in [2.75, 3.05) is 18.2 Å². The van der Waals surface area contributed by atoms with Gasteiger partial charge in [0.05, 0.1) is 29.5 Å². The smallest absolute Gasteiger partial charge is 0.262 e. The molecule has 0 saturated heterocycles. The van der Waals surface area contributed by atoms with Gasteiger partial charge in [-0.3, -0.25) is 14.2 Å². The van der Waals surface area contributed by atoms with Gasteiger partial charge in [0.2, 0.25) is 5.91 Å². The Morgan fingerprint density at radius 3 is 2.78 bits per heavy atom. The molecule has 1 aromatic heterocycles. The number of rotatable bonds is 7. The number of para-hydroxylation sites is 3. The molecule has 138 valence electrons. The van der Waals surface area contributed by atoms with Crippen molar-refractivity contribution < 1.29 is 9.53 Å². The summed E-state index contributed by atoms with van der Waals surface area (Å²) in [4.78, 5) is 29.6. The van der Waals surface area contributed by atoms with Crippen LogP contribution in [0.5, 0.6) is 5.75 Å². The van der Waals surface area contributed by atoms with Crippen molar-refractivity contribution in [3.63, 3.8) is 0 Å². The van der Waals surface area contributed by atoms with Crippen LogP contribution >= 0.6 is 11.8 Å². The number of allylic oxidation sites excluding steroid dienone is 1. The summed E-state index contributed by atoms with van der Waals surface area (Å²) in [5.41, 5.74) is 1.06. The van der Waals surface area contributed by atoms with Gasteiger partial charge in [-0.2, -0.15) is 0 Å². The highest BCUT2D eigenvalue weighted by Crippen LogP contribution is 2.24. The van der Waals surface area contributed by atoms with Gasteiger partial charge in [0.1, 0.15) is 5.75 Å². The predicted molar refractivity (Wildman–Crippen MR) is 109 cm³/mol. The van der Waals surface area contributed by atoms with Crippen molar-refractivity contribution in [2.24, 2.45) is 0 Å². The number of carbonyl (C=O) groups is 1. The zero-order chi connectivity index (χ0) is 19.2. The Bertz CT molecular complexity index is 1050. The Morgan fingerprint density at radius 2 is 2.00 bits per heavy atom. The first-order valence-corrected chi connectivity index (χ1v) is 9.28. The molecule has 0 aliphatic heterocycles. The molecule has 0 aliphatic carbocycles. The molecule has 0 spiro atoms. The second kappa shape index (κ2) is 8.55. The molecule has 0 bridgehead atoms. The Labute approximate surface area is 160 Å². The first kappa shape index (κ1) is 18.7. The normalized spacial score (nSPS) is 10.6. The van der Waals surface area contributed by atoms with Crippen LogP contribution in [0.15, 0.2) is 71.1 Å². The summed E-state index contributed by atoms with van der Waals surface area (Å²) in [5.74, 6) is 0.486. The molecule has 0 unspecified atom stereocenters. The summed E-state index contributed by atoms with van der Waals surface area (Å²) in [5, 5.41) is 3.84. The van der Waals surface area contributed by atoms with Crippen LogP contribution in [0.4, 0.5) is 5.69 Å². The second-order valence-corrected chi connectivity index (χ2v) is 6.60. The number of aromatic nitrogens is 2. The minimum absolute atomic E-state index is 0.111. The van der Waals surface area contributed by atoms with E-state index in [0.29, 0.717) is 34.0 Å². The van der Waals surface area contributed by atoms with Gasteiger partial charge < -0.3 is 10.1 Å². The molecule has 6 nitrogen and oxygen atoms in total. The fourth-order valence-electron chi connectivity index (χ4n) is 2.61. The molecule has 0 radical (unpaired) electrons. The molecule has 1 amide bonds. The van der Waals surface area contributed by atoms with Crippen LogP contribution in [-0.2, 0) is 11.3 Å². The summed E-state index contributed by atoms with van der Waals surface area (Å²) in [6.45, 7) is 4.03. The van der Waals surface area contributed by atoms with E-state index in [4.69, 9.17) is 4.74 Å². The van der Waals surface area contributed by atoms with Gasteiger partial charge in [-0.15, -0.1) is 6.58 Å². The lowest BCUT2D eigenvalue weighted by atomic mass is 10.2. The molecule has 1 N–H and O–H groups in total.